The Morgan fingerprint density at radius 3 is 2.31 bits per heavy atom. The van der Waals surface area contributed by atoms with Crippen LogP contribution in [0.4, 0.5) is 5.13 Å². The molecule has 1 aromatic rings. The highest BCUT2D eigenvalue weighted by Crippen LogP contribution is 2.36. The zero-order valence-electron chi connectivity index (χ0n) is 15.3. The fraction of sp³-hybridized carbons (Fsp3) is 0.611. The standard InChI is InChI=1S/C18H24N4O3S/c1-4-11(5-2)15-20-21-18(26-15)19-14(23)10(3)22-16(24)12-8-6-7-9-13(12)17(22)25/h6-7,10-13H,4-5,8-9H2,1-3H3,(H,19,21,23)/t10-,12?,13?/m0/s1. The van der Waals surface area contributed by atoms with Crippen LogP contribution in [0.15, 0.2) is 12.2 Å². The molecule has 1 saturated heterocycles. The molecule has 1 aromatic heterocycles. The van der Waals surface area contributed by atoms with Gasteiger partial charge in [-0.3, -0.25) is 24.6 Å². The van der Waals surface area contributed by atoms with E-state index in [1.54, 1.807) is 6.92 Å². The summed E-state index contributed by atoms with van der Waals surface area (Å²) in [5.74, 6) is -1.24. The van der Waals surface area contributed by atoms with Crippen molar-refractivity contribution < 1.29 is 14.4 Å². The number of carbonyl (C=O) groups excluding carboxylic acids is 3. The molecule has 0 radical (unpaired) electrons. The van der Waals surface area contributed by atoms with Gasteiger partial charge in [0.05, 0.1) is 11.8 Å². The van der Waals surface area contributed by atoms with Gasteiger partial charge in [0.2, 0.25) is 22.9 Å². The molecule has 1 aliphatic heterocycles. The summed E-state index contributed by atoms with van der Waals surface area (Å²) in [6.07, 6.45) is 6.92. The molecule has 0 saturated carbocycles. The Labute approximate surface area is 156 Å². The number of hydrogen-bond donors (Lipinski definition) is 1. The minimum atomic E-state index is -0.860. The molecule has 0 aromatic carbocycles. The summed E-state index contributed by atoms with van der Waals surface area (Å²) in [6, 6.07) is -0.860. The molecule has 8 heteroatoms. The van der Waals surface area contributed by atoms with Gasteiger partial charge in [-0.15, -0.1) is 10.2 Å². The van der Waals surface area contributed by atoms with Crippen LogP contribution >= 0.6 is 11.3 Å². The van der Waals surface area contributed by atoms with Crippen molar-refractivity contribution in [3.05, 3.63) is 17.2 Å². The predicted octanol–water partition coefficient (Wildman–Crippen LogP) is 2.72. The molecule has 3 rings (SSSR count). The Morgan fingerprint density at radius 1 is 1.19 bits per heavy atom. The summed E-state index contributed by atoms with van der Waals surface area (Å²) in [5, 5.41) is 12.2. The van der Waals surface area contributed by atoms with E-state index in [1.807, 2.05) is 12.2 Å². The quantitative estimate of drug-likeness (QED) is 0.609. The molecule has 2 aliphatic rings. The van der Waals surface area contributed by atoms with Crippen LogP contribution in [-0.2, 0) is 14.4 Å². The highest BCUT2D eigenvalue weighted by molar-refractivity contribution is 7.15. The molecular weight excluding hydrogens is 352 g/mol. The number of amides is 3. The number of imide groups is 1. The van der Waals surface area contributed by atoms with Gasteiger partial charge >= 0.3 is 0 Å². The zero-order chi connectivity index (χ0) is 18.8. The van der Waals surface area contributed by atoms with Gasteiger partial charge in [0.25, 0.3) is 0 Å². The molecule has 3 atom stereocenters. The molecule has 26 heavy (non-hydrogen) atoms. The minimum Gasteiger partial charge on any atom is -0.299 e. The largest absolute Gasteiger partial charge is 0.299 e. The van der Waals surface area contributed by atoms with Crippen molar-refractivity contribution in [2.24, 2.45) is 11.8 Å². The van der Waals surface area contributed by atoms with Crippen molar-refractivity contribution >= 4 is 34.2 Å². The topological polar surface area (TPSA) is 92.3 Å². The second-order valence-corrected chi connectivity index (χ2v) is 7.84. The molecule has 1 N–H and O–H groups in total. The molecular formula is C18H24N4O3S. The Bertz CT molecular complexity index is 715. The van der Waals surface area contributed by atoms with Gasteiger partial charge in [-0.1, -0.05) is 37.3 Å². The normalized spacial score (nSPS) is 23.5. The lowest BCUT2D eigenvalue weighted by Crippen LogP contribution is -2.46. The van der Waals surface area contributed by atoms with E-state index in [1.165, 1.54) is 11.3 Å². The first-order valence-electron chi connectivity index (χ1n) is 9.14. The monoisotopic (exact) mass is 376 g/mol. The van der Waals surface area contributed by atoms with Gasteiger partial charge in [0.15, 0.2) is 0 Å². The van der Waals surface area contributed by atoms with Crippen LogP contribution in [0.1, 0.15) is 57.4 Å². The number of allylic oxidation sites excluding steroid dienone is 2. The van der Waals surface area contributed by atoms with Gasteiger partial charge in [-0.05, 0) is 32.6 Å². The molecule has 1 fully saturated rings. The third-order valence-corrected chi connectivity index (χ3v) is 6.32. The summed E-state index contributed by atoms with van der Waals surface area (Å²) in [4.78, 5) is 38.9. The molecule has 2 unspecified atom stereocenters. The van der Waals surface area contributed by atoms with Crippen molar-refractivity contribution in [3.8, 4) is 0 Å². The van der Waals surface area contributed by atoms with Gasteiger partial charge in [-0.25, -0.2) is 0 Å². The van der Waals surface area contributed by atoms with E-state index in [9.17, 15) is 14.4 Å². The van der Waals surface area contributed by atoms with Crippen LogP contribution in [0.3, 0.4) is 0 Å². The Kier molecular flexibility index (Phi) is 5.50. The number of carbonyl (C=O) groups is 3. The summed E-state index contributed by atoms with van der Waals surface area (Å²) >= 11 is 1.35. The van der Waals surface area contributed by atoms with E-state index < -0.39 is 11.9 Å². The minimum absolute atomic E-state index is 0.248. The third-order valence-electron chi connectivity index (χ3n) is 5.31. The van der Waals surface area contributed by atoms with Crippen molar-refractivity contribution in [2.75, 3.05) is 5.32 Å². The maximum absolute atomic E-state index is 12.6. The number of fused-ring (bicyclic) bond motifs is 1. The summed E-state index contributed by atoms with van der Waals surface area (Å²) < 4.78 is 0. The molecule has 1 aliphatic carbocycles. The first-order valence-corrected chi connectivity index (χ1v) is 9.95. The number of rotatable bonds is 6. The number of nitrogens with one attached hydrogen (secondary N) is 1. The molecule has 0 bridgehead atoms. The van der Waals surface area contributed by atoms with Crippen LogP contribution in [0.25, 0.3) is 0 Å². The Balaban J connectivity index is 1.68. The van der Waals surface area contributed by atoms with Crippen LogP contribution in [0.2, 0.25) is 0 Å². The van der Waals surface area contributed by atoms with Crippen LogP contribution in [-0.4, -0.2) is 38.9 Å². The van der Waals surface area contributed by atoms with Crippen molar-refractivity contribution in [1.82, 2.24) is 15.1 Å². The van der Waals surface area contributed by atoms with Gasteiger partial charge in [0, 0.05) is 5.92 Å². The Hall–Kier alpha value is -2.09. The van der Waals surface area contributed by atoms with Crippen molar-refractivity contribution in [1.29, 1.82) is 0 Å². The summed E-state index contributed by atoms with van der Waals surface area (Å²) in [7, 11) is 0. The fourth-order valence-corrected chi connectivity index (χ4v) is 4.64. The number of nitrogens with zero attached hydrogens (tertiary/aromatic N) is 3. The average molecular weight is 376 g/mol. The Morgan fingerprint density at radius 2 is 1.77 bits per heavy atom. The van der Waals surface area contributed by atoms with Crippen molar-refractivity contribution in [3.63, 3.8) is 0 Å². The van der Waals surface area contributed by atoms with Gasteiger partial charge < -0.3 is 0 Å². The van der Waals surface area contributed by atoms with E-state index in [0.717, 1.165) is 22.7 Å². The fourth-order valence-electron chi connectivity index (χ4n) is 3.62. The zero-order valence-corrected chi connectivity index (χ0v) is 16.1. The molecule has 2 heterocycles. The highest BCUT2D eigenvalue weighted by atomic mass is 32.1. The number of aromatic nitrogens is 2. The van der Waals surface area contributed by atoms with E-state index in [-0.39, 0.29) is 23.7 Å². The number of anilines is 1. The van der Waals surface area contributed by atoms with Crippen molar-refractivity contribution in [2.45, 2.75) is 58.4 Å². The van der Waals surface area contributed by atoms with Gasteiger partial charge in [-0.2, -0.15) is 0 Å². The number of likely N-dealkylation sites (tertiary alicyclic amines) is 1. The van der Waals surface area contributed by atoms with Crippen LogP contribution in [0.5, 0.6) is 0 Å². The maximum atomic E-state index is 12.6. The average Bonchev–Trinajstić information content (AvgIpc) is 3.19. The number of hydrogen-bond acceptors (Lipinski definition) is 6. The molecule has 0 spiro atoms. The first kappa shape index (κ1) is 18.7. The predicted molar refractivity (Wildman–Crippen MR) is 98.5 cm³/mol. The van der Waals surface area contributed by atoms with Gasteiger partial charge in [0.1, 0.15) is 11.0 Å². The van der Waals surface area contributed by atoms with Crippen LogP contribution < -0.4 is 5.32 Å². The van der Waals surface area contributed by atoms with Crippen LogP contribution in [0, 0.1) is 11.8 Å². The molecule has 3 amide bonds. The second-order valence-electron chi connectivity index (χ2n) is 6.83. The van der Waals surface area contributed by atoms with E-state index in [4.69, 9.17) is 0 Å². The lowest BCUT2D eigenvalue weighted by atomic mass is 9.85. The maximum Gasteiger partial charge on any atom is 0.249 e. The second kappa shape index (κ2) is 7.65. The lowest BCUT2D eigenvalue weighted by Gasteiger charge is -2.21. The summed E-state index contributed by atoms with van der Waals surface area (Å²) in [5.41, 5.74) is 0. The van der Waals surface area contributed by atoms with E-state index in [2.05, 4.69) is 29.4 Å². The summed E-state index contributed by atoms with van der Waals surface area (Å²) in [6.45, 7) is 5.77. The molecule has 140 valence electrons. The highest BCUT2D eigenvalue weighted by Gasteiger charge is 2.50. The third kappa shape index (κ3) is 3.30. The smallest absolute Gasteiger partial charge is 0.249 e. The van der Waals surface area contributed by atoms with E-state index in [0.29, 0.717) is 23.9 Å². The van der Waals surface area contributed by atoms with E-state index >= 15 is 0 Å². The molecule has 7 nitrogen and oxygen atoms in total. The first-order chi connectivity index (χ1) is 12.5. The lowest BCUT2D eigenvalue weighted by molar-refractivity contribution is -0.146. The SMILES string of the molecule is CCC(CC)c1nnc(NC(=O)[C@H](C)N2C(=O)C3CC=CCC3C2=O)s1.